The second kappa shape index (κ2) is 3.45. The molecule has 1 aromatic rings. The molecule has 0 bridgehead atoms. The third kappa shape index (κ3) is 1.51. The summed E-state index contributed by atoms with van der Waals surface area (Å²) < 4.78 is 18.8. The van der Waals surface area contributed by atoms with Crippen molar-refractivity contribution in [3.05, 3.63) is 29.6 Å². The molecule has 4 heteroatoms. The van der Waals surface area contributed by atoms with Crippen LogP contribution in [0, 0.1) is 11.2 Å². The van der Waals surface area contributed by atoms with Gasteiger partial charge < -0.3 is 9.84 Å². The Morgan fingerprint density at radius 2 is 2.06 bits per heavy atom. The zero-order chi connectivity index (χ0) is 12.8. The lowest BCUT2D eigenvalue weighted by Gasteiger charge is -2.17. The maximum Gasteiger partial charge on any atom is 0.314 e. The first-order chi connectivity index (χ1) is 7.85. The highest BCUT2D eigenvalue weighted by Crippen LogP contribution is 2.64. The Hall–Kier alpha value is -1.58. The minimum absolute atomic E-state index is 0.246. The van der Waals surface area contributed by atoms with E-state index in [1.165, 1.54) is 19.2 Å². The lowest BCUT2D eigenvalue weighted by Crippen LogP contribution is -2.26. The van der Waals surface area contributed by atoms with E-state index < -0.39 is 22.6 Å². The lowest BCUT2D eigenvalue weighted by atomic mass is 9.87. The monoisotopic (exact) mass is 238 g/mol. The zero-order valence-electron chi connectivity index (χ0n) is 10.1. The van der Waals surface area contributed by atoms with Gasteiger partial charge in [-0.15, -0.1) is 0 Å². The van der Waals surface area contributed by atoms with Gasteiger partial charge in [0.25, 0.3) is 0 Å². The number of carbonyl (C=O) groups is 1. The maximum absolute atomic E-state index is 13.9. The van der Waals surface area contributed by atoms with E-state index in [-0.39, 0.29) is 5.56 Å². The zero-order valence-corrected chi connectivity index (χ0v) is 10.1. The minimum Gasteiger partial charge on any atom is -0.497 e. The molecular formula is C13H15FO3. The predicted molar refractivity (Wildman–Crippen MR) is 60.7 cm³/mol. The summed E-state index contributed by atoms with van der Waals surface area (Å²) in [5.41, 5.74) is -1.26. The summed E-state index contributed by atoms with van der Waals surface area (Å²) in [5.74, 6) is -1.09. The SMILES string of the molecule is COc1ccc(C2(C(=O)O)CC2(C)C)c(F)c1. The Morgan fingerprint density at radius 3 is 2.41 bits per heavy atom. The Morgan fingerprint density at radius 1 is 1.47 bits per heavy atom. The van der Waals surface area contributed by atoms with Crippen molar-refractivity contribution in [2.75, 3.05) is 7.11 Å². The largest absolute Gasteiger partial charge is 0.497 e. The Labute approximate surface area is 99.2 Å². The van der Waals surface area contributed by atoms with E-state index in [1.807, 2.05) is 13.8 Å². The summed E-state index contributed by atoms with van der Waals surface area (Å²) in [6.07, 6.45) is 0.457. The van der Waals surface area contributed by atoms with Gasteiger partial charge in [-0.3, -0.25) is 4.79 Å². The van der Waals surface area contributed by atoms with Crippen molar-refractivity contribution in [1.82, 2.24) is 0 Å². The van der Waals surface area contributed by atoms with Gasteiger partial charge in [0.05, 0.1) is 7.11 Å². The predicted octanol–water partition coefficient (Wildman–Crippen LogP) is 2.59. The fourth-order valence-corrected chi connectivity index (χ4v) is 2.53. The van der Waals surface area contributed by atoms with E-state index in [1.54, 1.807) is 6.07 Å². The number of carboxylic acids is 1. The number of aliphatic carboxylic acids is 1. The van der Waals surface area contributed by atoms with Crippen molar-refractivity contribution in [2.45, 2.75) is 25.7 Å². The summed E-state index contributed by atoms with van der Waals surface area (Å²) in [5, 5.41) is 9.35. The minimum atomic E-state index is -1.09. The number of halogens is 1. The Kier molecular flexibility index (Phi) is 2.42. The molecule has 2 rings (SSSR count). The highest BCUT2D eigenvalue weighted by atomic mass is 19.1. The highest BCUT2D eigenvalue weighted by molar-refractivity contribution is 5.87. The number of methoxy groups -OCH3 is 1. The van der Waals surface area contributed by atoms with Gasteiger partial charge in [0.15, 0.2) is 0 Å². The number of hydrogen-bond donors (Lipinski definition) is 1. The van der Waals surface area contributed by atoms with E-state index in [0.29, 0.717) is 12.2 Å². The van der Waals surface area contributed by atoms with Crippen LogP contribution in [0.3, 0.4) is 0 Å². The van der Waals surface area contributed by atoms with Crippen LogP contribution in [0.4, 0.5) is 4.39 Å². The van der Waals surface area contributed by atoms with Gasteiger partial charge in [0.1, 0.15) is 17.0 Å². The summed E-state index contributed by atoms with van der Waals surface area (Å²) in [7, 11) is 1.45. The molecule has 1 saturated carbocycles. The average Bonchev–Trinajstić information content (AvgIpc) is 2.82. The van der Waals surface area contributed by atoms with Crippen LogP contribution in [0.5, 0.6) is 5.75 Å². The number of hydrogen-bond acceptors (Lipinski definition) is 2. The molecule has 0 saturated heterocycles. The molecule has 1 aliphatic carbocycles. The molecule has 0 spiro atoms. The van der Waals surface area contributed by atoms with Gasteiger partial charge in [-0.05, 0) is 17.9 Å². The van der Waals surface area contributed by atoms with Crippen molar-refractivity contribution in [3.8, 4) is 5.75 Å². The standard InChI is InChI=1S/C13H15FO3/c1-12(2)7-13(12,11(15)16)9-5-4-8(17-3)6-10(9)14/h4-6H,7H2,1-3H3,(H,15,16). The molecule has 92 valence electrons. The lowest BCUT2D eigenvalue weighted by molar-refractivity contribution is -0.141. The van der Waals surface area contributed by atoms with Gasteiger partial charge >= 0.3 is 5.97 Å². The molecule has 1 N–H and O–H groups in total. The second-order valence-electron chi connectivity index (χ2n) is 5.12. The van der Waals surface area contributed by atoms with Crippen LogP contribution in [-0.2, 0) is 10.2 Å². The number of rotatable bonds is 3. The maximum atomic E-state index is 13.9. The van der Waals surface area contributed by atoms with E-state index in [4.69, 9.17) is 4.74 Å². The van der Waals surface area contributed by atoms with Crippen molar-refractivity contribution in [2.24, 2.45) is 5.41 Å². The molecule has 0 heterocycles. The third-order valence-corrected chi connectivity index (χ3v) is 3.74. The Bertz CT molecular complexity index is 482. The van der Waals surface area contributed by atoms with Crippen molar-refractivity contribution >= 4 is 5.97 Å². The fourth-order valence-electron chi connectivity index (χ4n) is 2.53. The van der Waals surface area contributed by atoms with Gasteiger partial charge in [0.2, 0.25) is 0 Å². The van der Waals surface area contributed by atoms with Crippen LogP contribution >= 0.6 is 0 Å². The molecule has 1 atom stereocenters. The molecule has 1 unspecified atom stereocenters. The van der Waals surface area contributed by atoms with Crippen LogP contribution < -0.4 is 4.74 Å². The van der Waals surface area contributed by atoms with Crippen LogP contribution in [0.25, 0.3) is 0 Å². The molecule has 3 nitrogen and oxygen atoms in total. The van der Waals surface area contributed by atoms with Crippen molar-refractivity contribution in [1.29, 1.82) is 0 Å². The quantitative estimate of drug-likeness (QED) is 0.880. The van der Waals surface area contributed by atoms with Gasteiger partial charge in [-0.2, -0.15) is 0 Å². The van der Waals surface area contributed by atoms with Gasteiger partial charge in [0, 0.05) is 11.6 Å². The molecule has 0 aliphatic heterocycles. The summed E-state index contributed by atoms with van der Waals surface area (Å²) >= 11 is 0. The molecule has 1 aliphatic rings. The normalized spacial score (nSPS) is 25.4. The fraction of sp³-hybridized carbons (Fsp3) is 0.462. The van der Waals surface area contributed by atoms with Crippen molar-refractivity contribution < 1.29 is 19.0 Å². The summed E-state index contributed by atoms with van der Waals surface area (Å²) in [6, 6.07) is 4.34. The molecule has 1 fully saturated rings. The molecule has 0 aromatic heterocycles. The average molecular weight is 238 g/mol. The van der Waals surface area contributed by atoms with Gasteiger partial charge in [-0.25, -0.2) is 4.39 Å². The topological polar surface area (TPSA) is 46.5 Å². The summed E-state index contributed by atoms with van der Waals surface area (Å²) in [4.78, 5) is 11.4. The molecular weight excluding hydrogens is 223 g/mol. The van der Waals surface area contributed by atoms with Crippen LogP contribution in [0.1, 0.15) is 25.8 Å². The molecule has 0 radical (unpaired) electrons. The van der Waals surface area contributed by atoms with Crippen LogP contribution in [0.2, 0.25) is 0 Å². The Balaban J connectivity index is 2.51. The number of benzene rings is 1. The summed E-state index contributed by atoms with van der Waals surface area (Å²) in [6.45, 7) is 3.68. The molecule has 17 heavy (non-hydrogen) atoms. The van der Waals surface area contributed by atoms with Crippen LogP contribution in [0.15, 0.2) is 18.2 Å². The van der Waals surface area contributed by atoms with E-state index in [0.717, 1.165) is 0 Å². The third-order valence-electron chi connectivity index (χ3n) is 3.74. The van der Waals surface area contributed by atoms with E-state index in [9.17, 15) is 14.3 Å². The second-order valence-corrected chi connectivity index (χ2v) is 5.12. The first kappa shape index (κ1) is 11.9. The smallest absolute Gasteiger partial charge is 0.314 e. The number of carboxylic acid groups (broad SMARTS) is 1. The first-order valence-corrected chi connectivity index (χ1v) is 5.42. The molecule has 0 amide bonds. The number of ether oxygens (including phenoxy) is 1. The van der Waals surface area contributed by atoms with Gasteiger partial charge in [-0.1, -0.05) is 19.9 Å². The van der Waals surface area contributed by atoms with E-state index >= 15 is 0 Å². The molecule has 1 aromatic carbocycles. The first-order valence-electron chi connectivity index (χ1n) is 5.42. The highest BCUT2D eigenvalue weighted by Gasteiger charge is 2.68. The van der Waals surface area contributed by atoms with Crippen molar-refractivity contribution in [3.63, 3.8) is 0 Å². The van der Waals surface area contributed by atoms with Crippen LogP contribution in [-0.4, -0.2) is 18.2 Å². The van der Waals surface area contributed by atoms with E-state index in [2.05, 4.69) is 0 Å².